The number of benzene rings is 1. The summed E-state index contributed by atoms with van der Waals surface area (Å²) >= 11 is 1.86. The number of thiophene rings is 1. The SMILES string of the molecule is CCc1ccc(CNC(=NC)NCC(c2ccccc2)N2CCOCC2)s1.I. The van der Waals surface area contributed by atoms with E-state index in [0.29, 0.717) is 6.04 Å². The summed E-state index contributed by atoms with van der Waals surface area (Å²) in [4.78, 5) is 9.65. The summed E-state index contributed by atoms with van der Waals surface area (Å²) in [5, 5.41) is 6.96. The minimum absolute atomic E-state index is 0. The van der Waals surface area contributed by atoms with Crippen molar-refractivity contribution < 1.29 is 4.74 Å². The molecule has 154 valence electrons. The minimum Gasteiger partial charge on any atom is -0.379 e. The number of rotatable bonds is 7. The normalized spacial score (nSPS) is 16.3. The van der Waals surface area contributed by atoms with Gasteiger partial charge in [0.05, 0.1) is 25.8 Å². The van der Waals surface area contributed by atoms with Gasteiger partial charge in [-0.3, -0.25) is 9.89 Å². The lowest BCUT2D eigenvalue weighted by atomic mass is 10.0. The molecule has 3 rings (SSSR count). The van der Waals surface area contributed by atoms with Gasteiger partial charge >= 0.3 is 0 Å². The molecule has 1 aromatic carbocycles. The largest absolute Gasteiger partial charge is 0.379 e. The van der Waals surface area contributed by atoms with Crippen molar-refractivity contribution in [3.8, 4) is 0 Å². The van der Waals surface area contributed by atoms with Crippen LogP contribution in [-0.4, -0.2) is 50.8 Å². The number of aryl methyl sites for hydroxylation is 1. The molecule has 1 saturated heterocycles. The molecular weight excluding hydrogens is 483 g/mol. The molecule has 1 aliphatic heterocycles. The average molecular weight is 514 g/mol. The summed E-state index contributed by atoms with van der Waals surface area (Å²) in [6.07, 6.45) is 1.09. The maximum Gasteiger partial charge on any atom is 0.191 e. The van der Waals surface area contributed by atoms with Crippen LogP contribution in [0.3, 0.4) is 0 Å². The Hall–Kier alpha value is -1.16. The lowest BCUT2D eigenvalue weighted by Gasteiger charge is -2.35. The van der Waals surface area contributed by atoms with Crippen molar-refractivity contribution in [1.29, 1.82) is 0 Å². The van der Waals surface area contributed by atoms with Gasteiger partial charge in [0.25, 0.3) is 0 Å². The highest BCUT2D eigenvalue weighted by molar-refractivity contribution is 14.0. The number of halogens is 1. The second-order valence-corrected chi connectivity index (χ2v) is 7.86. The molecule has 28 heavy (non-hydrogen) atoms. The lowest BCUT2D eigenvalue weighted by Crippen LogP contribution is -2.46. The van der Waals surface area contributed by atoms with Crippen molar-refractivity contribution >= 4 is 41.3 Å². The third-order valence-corrected chi connectivity index (χ3v) is 6.08. The van der Waals surface area contributed by atoms with E-state index in [2.05, 4.69) is 69.9 Å². The molecule has 0 spiro atoms. The van der Waals surface area contributed by atoms with E-state index in [1.54, 1.807) is 0 Å². The van der Waals surface area contributed by atoms with Crippen LogP contribution in [0.1, 0.15) is 28.3 Å². The number of nitrogens with one attached hydrogen (secondary N) is 2. The fourth-order valence-corrected chi connectivity index (χ4v) is 4.21. The monoisotopic (exact) mass is 514 g/mol. The lowest BCUT2D eigenvalue weighted by molar-refractivity contribution is 0.0170. The highest BCUT2D eigenvalue weighted by Crippen LogP contribution is 2.21. The first-order chi connectivity index (χ1) is 13.3. The van der Waals surface area contributed by atoms with E-state index in [1.807, 2.05) is 18.4 Å². The molecule has 2 N–H and O–H groups in total. The molecule has 0 bridgehead atoms. The highest BCUT2D eigenvalue weighted by Gasteiger charge is 2.22. The quantitative estimate of drug-likeness (QED) is 0.337. The van der Waals surface area contributed by atoms with E-state index in [-0.39, 0.29) is 24.0 Å². The fourth-order valence-electron chi connectivity index (χ4n) is 3.31. The number of nitrogens with zero attached hydrogens (tertiary/aromatic N) is 2. The summed E-state index contributed by atoms with van der Waals surface area (Å²) in [6, 6.07) is 15.4. The summed E-state index contributed by atoms with van der Waals surface area (Å²) in [6.45, 7) is 7.33. The van der Waals surface area contributed by atoms with Crippen LogP contribution in [0.25, 0.3) is 0 Å². The Balaban J connectivity index is 0.00000280. The first-order valence-corrected chi connectivity index (χ1v) is 10.5. The molecule has 2 heterocycles. The van der Waals surface area contributed by atoms with Crippen molar-refractivity contribution in [3.05, 3.63) is 57.8 Å². The molecule has 0 saturated carbocycles. The average Bonchev–Trinajstić information content (AvgIpc) is 3.20. The zero-order valence-electron chi connectivity index (χ0n) is 16.7. The van der Waals surface area contributed by atoms with Crippen LogP contribution in [0, 0.1) is 0 Å². The molecule has 1 atom stereocenters. The maximum atomic E-state index is 5.53. The Kier molecular flexibility index (Phi) is 10.3. The predicted molar refractivity (Wildman–Crippen MR) is 129 cm³/mol. The Morgan fingerprint density at radius 2 is 1.82 bits per heavy atom. The van der Waals surface area contributed by atoms with Gasteiger partial charge in [0.1, 0.15) is 0 Å². The Bertz CT molecular complexity index is 716. The number of hydrogen-bond acceptors (Lipinski definition) is 4. The van der Waals surface area contributed by atoms with E-state index in [9.17, 15) is 0 Å². The van der Waals surface area contributed by atoms with Gasteiger partial charge in [0.2, 0.25) is 0 Å². The van der Waals surface area contributed by atoms with Gasteiger partial charge in [0.15, 0.2) is 5.96 Å². The summed E-state index contributed by atoms with van der Waals surface area (Å²) in [5.74, 6) is 0.843. The first kappa shape index (κ1) is 23.1. The summed E-state index contributed by atoms with van der Waals surface area (Å²) in [5.41, 5.74) is 1.33. The smallest absolute Gasteiger partial charge is 0.191 e. The molecule has 1 aliphatic rings. The van der Waals surface area contributed by atoms with Gasteiger partial charge in [-0.2, -0.15) is 0 Å². The molecule has 1 aromatic heterocycles. The molecule has 0 aliphatic carbocycles. The van der Waals surface area contributed by atoms with Gasteiger partial charge in [-0.05, 0) is 24.1 Å². The summed E-state index contributed by atoms with van der Waals surface area (Å²) in [7, 11) is 1.83. The molecule has 1 fully saturated rings. The van der Waals surface area contributed by atoms with Crippen LogP contribution in [0.2, 0.25) is 0 Å². The van der Waals surface area contributed by atoms with Crippen molar-refractivity contribution in [2.75, 3.05) is 39.9 Å². The van der Waals surface area contributed by atoms with Crippen LogP contribution in [0.15, 0.2) is 47.5 Å². The summed E-state index contributed by atoms with van der Waals surface area (Å²) < 4.78 is 5.53. The predicted octanol–water partition coefficient (Wildman–Crippen LogP) is 3.67. The third kappa shape index (κ3) is 6.72. The fraction of sp³-hybridized carbons (Fsp3) is 0.476. The van der Waals surface area contributed by atoms with Crippen LogP contribution < -0.4 is 10.6 Å². The van der Waals surface area contributed by atoms with Gasteiger partial charge < -0.3 is 15.4 Å². The van der Waals surface area contributed by atoms with Crippen LogP contribution in [-0.2, 0) is 17.7 Å². The van der Waals surface area contributed by atoms with E-state index in [4.69, 9.17) is 4.74 Å². The van der Waals surface area contributed by atoms with Gasteiger partial charge in [-0.25, -0.2) is 0 Å². The van der Waals surface area contributed by atoms with E-state index in [0.717, 1.165) is 51.8 Å². The molecule has 5 nitrogen and oxygen atoms in total. The second-order valence-electron chi connectivity index (χ2n) is 6.60. The zero-order valence-corrected chi connectivity index (χ0v) is 19.8. The Labute approximate surface area is 189 Å². The molecule has 0 radical (unpaired) electrons. The van der Waals surface area contributed by atoms with Crippen molar-refractivity contribution in [2.24, 2.45) is 4.99 Å². The molecule has 2 aromatic rings. The van der Waals surface area contributed by atoms with Crippen molar-refractivity contribution in [1.82, 2.24) is 15.5 Å². The third-order valence-electron chi connectivity index (χ3n) is 4.85. The van der Waals surface area contributed by atoms with E-state index >= 15 is 0 Å². The van der Waals surface area contributed by atoms with E-state index < -0.39 is 0 Å². The zero-order chi connectivity index (χ0) is 18.9. The van der Waals surface area contributed by atoms with Gasteiger partial charge in [-0.1, -0.05) is 37.3 Å². The number of hydrogen-bond donors (Lipinski definition) is 2. The number of ether oxygens (including phenoxy) is 1. The number of guanidine groups is 1. The minimum atomic E-state index is 0. The highest BCUT2D eigenvalue weighted by atomic mass is 127. The Morgan fingerprint density at radius 1 is 1.11 bits per heavy atom. The number of morpholine rings is 1. The van der Waals surface area contributed by atoms with Crippen LogP contribution in [0.4, 0.5) is 0 Å². The van der Waals surface area contributed by atoms with Gasteiger partial charge in [-0.15, -0.1) is 35.3 Å². The Morgan fingerprint density at radius 3 is 2.46 bits per heavy atom. The first-order valence-electron chi connectivity index (χ1n) is 9.69. The standard InChI is InChI=1S/C21H30N4OS.HI/c1-3-18-9-10-19(27-18)15-23-21(22-2)24-16-20(17-7-5-4-6-8-17)25-11-13-26-14-12-25;/h4-10,20H,3,11-16H2,1-2H3,(H2,22,23,24);1H. The van der Waals surface area contributed by atoms with E-state index in [1.165, 1.54) is 15.3 Å². The topological polar surface area (TPSA) is 48.9 Å². The van der Waals surface area contributed by atoms with Crippen molar-refractivity contribution in [2.45, 2.75) is 25.9 Å². The van der Waals surface area contributed by atoms with Crippen LogP contribution >= 0.6 is 35.3 Å². The van der Waals surface area contributed by atoms with Crippen LogP contribution in [0.5, 0.6) is 0 Å². The number of aliphatic imine (C=N–C) groups is 1. The molecule has 7 heteroatoms. The molecule has 1 unspecified atom stereocenters. The second kappa shape index (κ2) is 12.4. The molecule has 0 amide bonds. The molecular formula is C21H31IN4OS. The maximum absolute atomic E-state index is 5.53. The van der Waals surface area contributed by atoms with Gasteiger partial charge in [0, 0.05) is 36.4 Å². The van der Waals surface area contributed by atoms with Crippen molar-refractivity contribution in [3.63, 3.8) is 0 Å².